The number of hydrogen-bond donors (Lipinski definition) is 0. The molecule has 128 valence electrons. The van der Waals surface area contributed by atoms with Crippen molar-refractivity contribution in [3.05, 3.63) is 35.4 Å². The van der Waals surface area contributed by atoms with Crippen molar-refractivity contribution in [2.75, 3.05) is 19.6 Å². The zero-order chi connectivity index (χ0) is 16.5. The Kier molecular flexibility index (Phi) is 4.88. The van der Waals surface area contributed by atoms with Crippen LogP contribution in [0.2, 0.25) is 0 Å². The molecule has 3 rings (SSSR count). The number of likely N-dealkylation sites (tertiary alicyclic amines) is 1. The van der Waals surface area contributed by atoms with Gasteiger partial charge in [0.05, 0.1) is 0 Å². The first kappa shape index (κ1) is 17.0. The van der Waals surface area contributed by atoms with Crippen molar-refractivity contribution in [2.45, 2.75) is 77.6 Å². The van der Waals surface area contributed by atoms with Gasteiger partial charge in [-0.15, -0.1) is 0 Å². The quantitative estimate of drug-likeness (QED) is 0.687. The van der Waals surface area contributed by atoms with Crippen LogP contribution in [0, 0.1) is 5.41 Å². The van der Waals surface area contributed by atoms with Crippen molar-refractivity contribution in [2.24, 2.45) is 5.41 Å². The maximum Gasteiger partial charge on any atom is -0.00102 e. The van der Waals surface area contributed by atoms with Gasteiger partial charge >= 0.3 is 0 Å². The largest absolute Gasteiger partial charge is 0.303 e. The molecule has 0 amide bonds. The molecule has 1 heteroatoms. The highest BCUT2D eigenvalue weighted by molar-refractivity contribution is 5.40. The summed E-state index contributed by atoms with van der Waals surface area (Å²) in [4.78, 5) is 2.71. The molecule has 1 atom stereocenters. The molecule has 1 spiro atoms. The van der Waals surface area contributed by atoms with Gasteiger partial charge in [0.15, 0.2) is 0 Å². The minimum absolute atomic E-state index is 0.459. The molecule has 1 heterocycles. The molecule has 0 unspecified atom stereocenters. The van der Waals surface area contributed by atoms with Gasteiger partial charge < -0.3 is 4.90 Å². The van der Waals surface area contributed by atoms with Gasteiger partial charge in [0, 0.05) is 0 Å². The van der Waals surface area contributed by atoms with Gasteiger partial charge in [-0.3, -0.25) is 0 Å². The third-order valence-electron chi connectivity index (χ3n) is 6.43. The van der Waals surface area contributed by atoms with E-state index in [9.17, 15) is 0 Å². The fraction of sp³-hybridized carbons (Fsp3) is 0.727. The van der Waals surface area contributed by atoms with Crippen molar-refractivity contribution in [1.29, 1.82) is 0 Å². The molecule has 23 heavy (non-hydrogen) atoms. The number of fused-ring (bicyclic) bond motifs is 2. The van der Waals surface area contributed by atoms with Gasteiger partial charge in [0.2, 0.25) is 0 Å². The average Bonchev–Trinajstić information content (AvgIpc) is 2.54. The summed E-state index contributed by atoms with van der Waals surface area (Å²) in [7, 11) is 0. The summed E-state index contributed by atoms with van der Waals surface area (Å²) in [5.74, 6) is 0.802. The van der Waals surface area contributed by atoms with Crippen LogP contribution in [-0.4, -0.2) is 24.5 Å². The third-order valence-corrected chi connectivity index (χ3v) is 6.43. The van der Waals surface area contributed by atoms with E-state index < -0.39 is 0 Å². The number of rotatable bonds is 3. The minimum Gasteiger partial charge on any atom is -0.303 e. The van der Waals surface area contributed by atoms with Gasteiger partial charge in [-0.2, -0.15) is 0 Å². The van der Waals surface area contributed by atoms with Gasteiger partial charge in [-0.1, -0.05) is 52.0 Å². The topological polar surface area (TPSA) is 3.24 Å². The lowest BCUT2D eigenvalue weighted by molar-refractivity contribution is 0.128. The van der Waals surface area contributed by atoms with E-state index in [2.05, 4.69) is 56.9 Å². The highest BCUT2D eigenvalue weighted by Crippen LogP contribution is 2.49. The van der Waals surface area contributed by atoms with Crippen LogP contribution in [0.15, 0.2) is 24.3 Å². The Morgan fingerprint density at radius 1 is 1.09 bits per heavy atom. The normalized spacial score (nSPS) is 24.6. The summed E-state index contributed by atoms with van der Waals surface area (Å²) in [5.41, 5.74) is 4.32. The number of nitrogens with zero attached hydrogens (tertiary/aromatic N) is 1. The lowest BCUT2D eigenvalue weighted by atomic mass is 9.62. The second-order valence-electron chi connectivity index (χ2n) is 9.16. The van der Waals surface area contributed by atoms with Crippen LogP contribution < -0.4 is 0 Å². The van der Waals surface area contributed by atoms with E-state index in [1.165, 1.54) is 58.2 Å². The molecule has 2 aliphatic rings. The van der Waals surface area contributed by atoms with Crippen LogP contribution in [0.4, 0.5) is 0 Å². The zero-order valence-electron chi connectivity index (χ0n) is 15.7. The first-order valence-corrected chi connectivity index (χ1v) is 9.75. The number of piperidine rings is 1. The maximum atomic E-state index is 2.71. The summed E-state index contributed by atoms with van der Waals surface area (Å²) < 4.78 is 0. The molecule has 0 bridgehead atoms. The van der Waals surface area contributed by atoms with Crippen molar-refractivity contribution in [3.63, 3.8) is 0 Å². The Labute approximate surface area is 143 Å². The van der Waals surface area contributed by atoms with Crippen LogP contribution in [0.1, 0.15) is 83.3 Å². The standard InChI is InChI=1S/C22H35N/c1-5-18-10-11-22(20-9-7-6-8-19(18)20)13-16-23(17-14-22)15-12-21(2,3)4/h6-9,18H,5,10-17H2,1-4H3/t18-/m0/s1. The van der Waals surface area contributed by atoms with Gasteiger partial charge in [0.1, 0.15) is 0 Å². The van der Waals surface area contributed by atoms with E-state index in [4.69, 9.17) is 0 Å². The maximum absolute atomic E-state index is 2.71. The summed E-state index contributed by atoms with van der Waals surface area (Å²) >= 11 is 0. The monoisotopic (exact) mass is 313 g/mol. The van der Waals surface area contributed by atoms with Crippen LogP contribution in [-0.2, 0) is 5.41 Å². The molecule has 0 N–H and O–H groups in total. The molecule has 1 aromatic rings. The average molecular weight is 314 g/mol. The molecule has 0 aromatic heterocycles. The van der Waals surface area contributed by atoms with E-state index in [-0.39, 0.29) is 0 Å². The Morgan fingerprint density at radius 2 is 1.78 bits per heavy atom. The molecule has 1 aliphatic heterocycles. The fourth-order valence-electron chi connectivity index (χ4n) is 4.72. The van der Waals surface area contributed by atoms with Crippen molar-refractivity contribution < 1.29 is 0 Å². The molecular weight excluding hydrogens is 278 g/mol. The second-order valence-corrected chi connectivity index (χ2v) is 9.16. The Bertz CT molecular complexity index is 517. The predicted octanol–water partition coefficient (Wildman–Crippen LogP) is 5.74. The molecule has 1 saturated heterocycles. The third kappa shape index (κ3) is 3.65. The summed E-state index contributed by atoms with van der Waals surface area (Å²) in [6.45, 7) is 13.3. The summed E-state index contributed by atoms with van der Waals surface area (Å²) in [6.07, 6.45) is 8.15. The Hall–Kier alpha value is -0.820. The van der Waals surface area contributed by atoms with Crippen LogP contribution in [0.3, 0.4) is 0 Å². The van der Waals surface area contributed by atoms with E-state index >= 15 is 0 Å². The van der Waals surface area contributed by atoms with Gasteiger partial charge in [0.25, 0.3) is 0 Å². The van der Waals surface area contributed by atoms with Crippen molar-refractivity contribution in [1.82, 2.24) is 4.90 Å². The Balaban J connectivity index is 1.70. The highest BCUT2D eigenvalue weighted by Gasteiger charge is 2.41. The molecule has 0 saturated carbocycles. The SMILES string of the molecule is CC[C@H]1CCC2(CCN(CCC(C)(C)C)CC2)c2ccccc21. The summed E-state index contributed by atoms with van der Waals surface area (Å²) in [6, 6.07) is 9.38. The first-order valence-electron chi connectivity index (χ1n) is 9.75. The molecule has 1 aliphatic carbocycles. The van der Waals surface area contributed by atoms with E-state index in [0.717, 1.165) is 5.92 Å². The Morgan fingerprint density at radius 3 is 2.43 bits per heavy atom. The van der Waals surface area contributed by atoms with Crippen molar-refractivity contribution >= 4 is 0 Å². The first-order chi connectivity index (χ1) is 10.9. The summed E-state index contributed by atoms with van der Waals surface area (Å²) in [5, 5.41) is 0. The molecule has 0 radical (unpaired) electrons. The lowest BCUT2D eigenvalue weighted by Crippen LogP contribution is -2.45. The fourth-order valence-corrected chi connectivity index (χ4v) is 4.72. The van der Waals surface area contributed by atoms with E-state index in [0.29, 0.717) is 10.8 Å². The van der Waals surface area contributed by atoms with Crippen LogP contribution >= 0.6 is 0 Å². The van der Waals surface area contributed by atoms with Gasteiger partial charge in [-0.05, 0) is 86.0 Å². The number of benzene rings is 1. The van der Waals surface area contributed by atoms with Crippen LogP contribution in [0.5, 0.6) is 0 Å². The lowest BCUT2D eigenvalue weighted by Gasteiger charge is -2.47. The van der Waals surface area contributed by atoms with Crippen molar-refractivity contribution in [3.8, 4) is 0 Å². The van der Waals surface area contributed by atoms with Crippen LogP contribution in [0.25, 0.3) is 0 Å². The number of hydrogen-bond acceptors (Lipinski definition) is 1. The molecule has 1 aromatic carbocycles. The highest BCUT2D eigenvalue weighted by atomic mass is 15.1. The van der Waals surface area contributed by atoms with E-state index in [1.807, 2.05) is 0 Å². The molecule has 1 fully saturated rings. The minimum atomic E-state index is 0.459. The van der Waals surface area contributed by atoms with E-state index in [1.54, 1.807) is 11.1 Å². The molecule has 1 nitrogen and oxygen atoms in total. The molecular formula is C22H35N. The smallest absolute Gasteiger partial charge is 0.00102 e. The second kappa shape index (κ2) is 6.59. The predicted molar refractivity (Wildman–Crippen MR) is 100 cm³/mol. The zero-order valence-corrected chi connectivity index (χ0v) is 15.7. The van der Waals surface area contributed by atoms with Gasteiger partial charge in [-0.25, -0.2) is 0 Å².